The third kappa shape index (κ3) is 7.10. The predicted octanol–water partition coefficient (Wildman–Crippen LogP) is 8.27. The van der Waals surface area contributed by atoms with Gasteiger partial charge in [0.1, 0.15) is 17.1 Å². The van der Waals surface area contributed by atoms with Crippen molar-refractivity contribution in [1.29, 1.82) is 0 Å². The van der Waals surface area contributed by atoms with E-state index in [2.05, 4.69) is 73.7 Å². The van der Waals surface area contributed by atoms with Crippen LogP contribution in [0.2, 0.25) is 18.1 Å². The van der Waals surface area contributed by atoms with Gasteiger partial charge in [-0.1, -0.05) is 44.1 Å². The van der Waals surface area contributed by atoms with Crippen molar-refractivity contribution in [2.45, 2.75) is 104 Å². The summed E-state index contributed by atoms with van der Waals surface area (Å²) in [4.78, 5) is 13.0. The number of ketones is 1. The summed E-state index contributed by atoms with van der Waals surface area (Å²) in [6.07, 6.45) is 8.91. The van der Waals surface area contributed by atoms with Crippen LogP contribution < -0.4 is 9.16 Å². The molecule has 0 N–H and O–H groups in total. The molecule has 0 radical (unpaired) electrons. The molecule has 1 heterocycles. The Morgan fingerprint density at radius 2 is 1.84 bits per heavy atom. The molecule has 172 valence electrons. The van der Waals surface area contributed by atoms with Gasteiger partial charge in [-0.15, -0.1) is 0 Å². The molecule has 31 heavy (non-hydrogen) atoms. The maximum atomic E-state index is 13.0. The number of hydrogen-bond donors (Lipinski definition) is 0. The quantitative estimate of drug-likeness (QED) is 0.300. The van der Waals surface area contributed by atoms with Crippen molar-refractivity contribution in [2.75, 3.05) is 0 Å². The minimum absolute atomic E-state index is 0.110. The molecule has 0 saturated carbocycles. The molecule has 1 aromatic rings. The summed E-state index contributed by atoms with van der Waals surface area (Å²) < 4.78 is 12.7. The Balaban J connectivity index is 2.05. The summed E-state index contributed by atoms with van der Waals surface area (Å²) in [6.45, 7) is 19.6. The van der Waals surface area contributed by atoms with Crippen molar-refractivity contribution < 1.29 is 14.0 Å². The van der Waals surface area contributed by atoms with E-state index in [1.165, 1.54) is 11.1 Å². The van der Waals surface area contributed by atoms with Crippen LogP contribution in [0.4, 0.5) is 0 Å². The van der Waals surface area contributed by atoms with E-state index < -0.39 is 13.9 Å². The largest absolute Gasteiger partial charge is 0.543 e. The Bertz CT molecular complexity index is 854. The molecule has 0 bridgehead atoms. The number of carbonyl (C=O) groups is 1. The van der Waals surface area contributed by atoms with Crippen molar-refractivity contribution >= 4 is 14.1 Å². The predicted molar refractivity (Wildman–Crippen MR) is 134 cm³/mol. The monoisotopic (exact) mass is 442 g/mol. The fourth-order valence-corrected chi connectivity index (χ4v) is 4.54. The lowest BCUT2D eigenvalue weighted by Gasteiger charge is -2.37. The minimum Gasteiger partial charge on any atom is -0.543 e. The van der Waals surface area contributed by atoms with Gasteiger partial charge < -0.3 is 9.16 Å². The van der Waals surface area contributed by atoms with Gasteiger partial charge in [0, 0.05) is 0 Å². The molecule has 1 aliphatic rings. The molecule has 1 atom stereocenters. The van der Waals surface area contributed by atoms with E-state index in [4.69, 9.17) is 9.16 Å². The second-order valence-corrected chi connectivity index (χ2v) is 15.8. The number of Topliss-reactive ketones (excluding diaryl/α,β-unsaturated/α-hetero) is 1. The third-order valence-corrected chi connectivity index (χ3v) is 10.9. The van der Waals surface area contributed by atoms with Gasteiger partial charge in [-0.3, -0.25) is 4.79 Å². The van der Waals surface area contributed by atoms with Crippen molar-refractivity contribution in [2.24, 2.45) is 0 Å². The molecule has 1 aliphatic heterocycles. The summed E-state index contributed by atoms with van der Waals surface area (Å²) >= 11 is 0. The average molecular weight is 443 g/mol. The highest BCUT2D eigenvalue weighted by Crippen LogP contribution is 2.41. The van der Waals surface area contributed by atoms with Crippen LogP contribution in [0.15, 0.2) is 41.5 Å². The van der Waals surface area contributed by atoms with Crippen molar-refractivity contribution in [3.63, 3.8) is 0 Å². The Hall–Kier alpha value is -1.81. The molecular formula is C27H42O3Si. The van der Waals surface area contributed by atoms with E-state index in [0.29, 0.717) is 17.7 Å². The van der Waals surface area contributed by atoms with Crippen molar-refractivity contribution in [3.05, 3.63) is 47.1 Å². The molecular weight excluding hydrogens is 400 g/mol. The first-order valence-corrected chi connectivity index (χ1v) is 14.5. The van der Waals surface area contributed by atoms with Crippen LogP contribution in [0, 0.1) is 0 Å². The van der Waals surface area contributed by atoms with Crippen molar-refractivity contribution in [3.8, 4) is 11.5 Å². The Kier molecular flexibility index (Phi) is 8.02. The average Bonchev–Trinajstić information content (AvgIpc) is 2.60. The number of carbonyl (C=O) groups excluding carboxylic acids is 1. The highest BCUT2D eigenvalue weighted by molar-refractivity contribution is 6.74. The van der Waals surface area contributed by atoms with E-state index in [0.717, 1.165) is 31.4 Å². The summed E-state index contributed by atoms with van der Waals surface area (Å²) in [5.74, 6) is 1.61. The molecule has 0 fully saturated rings. The lowest BCUT2D eigenvalue weighted by atomic mass is 9.87. The Morgan fingerprint density at radius 1 is 1.16 bits per heavy atom. The summed E-state index contributed by atoms with van der Waals surface area (Å²) in [6, 6.07) is 5.74. The lowest BCUT2D eigenvalue weighted by molar-refractivity contribution is 0.0474. The second kappa shape index (κ2) is 9.77. The first-order chi connectivity index (χ1) is 14.2. The van der Waals surface area contributed by atoms with Crippen LogP contribution in [0.3, 0.4) is 0 Å². The number of rotatable bonds is 8. The Morgan fingerprint density at radius 3 is 2.45 bits per heavy atom. The topological polar surface area (TPSA) is 35.5 Å². The van der Waals surface area contributed by atoms with E-state index in [1.807, 2.05) is 18.2 Å². The fourth-order valence-electron chi connectivity index (χ4n) is 3.52. The number of ether oxygens (including phenoxy) is 1. The van der Waals surface area contributed by atoms with E-state index in [-0.39, 0.29) is 10.8 Å². The third-order valence-electron chi connectivity index (χ3n) is 6.58. The zero-order valence-corrected chi connectivity index (χ0v) is 22.1. The standard InChI is InChI=1S/C27H42O3Si/c1-20(2)12-10-13-21(3)14-11-17-27(7)19-24(28)23-18-22(15-16-25(23)29-27)30-31(8,9)26(4,5)6/h12,14-16,18H,10-11,13,17,19H2,1-9H3/b21-14-. The second-order valence-electron chi connectivity index (χ2n) is 11.1. The summed E-state index contributed by atoms with van der Waals surface area (Å²) in [5.41, 5.74) is 2.96. The highest BCUT2D eigenvalue weighted by atomic mass is 28.4. The summed E-state index contributed by atoms with van der Waals surface area (Å²) in [5, 5.41) is 0.110. The summed E-state index contributed by atoms with van der Waals surface area (Å²) in [7, 11) is -1.95. The molecule has 0 aliphatic carbocycles. The highest BCUT2D eigenvalue weighted by Gasteiger charge is 2.40. The van der Waals surface area contributed by atoms with E-state index >= 15 is 0 Å². The number of allylic oxidation sites excluding steroid dienone is 4. The lowest BCUT2D eigenvalue weighted by Crippen LogP contribution is -2.44. The first kappa shape index (κ1) is 25.4. The zero-order chi connectivity index (χ0) is 23.4. The van der Waals surface area contributed by atoms with Crippen LogP contribution in [0.5, 0.6) is 11.5 Å². The molecule has 0 aromatic heterocycles. The van der Waals surface area contributed by atoms with Gasteiger partial charge in [-0.05, 0) is 89.7 Å². The SMILES string of the molecule is CC(C)=CCC/C(C)=C\CCC1(C)CC(=O)c2cc(O[Si](C)(C)C(C)(C)C)ccc2O1. The Labute approximate surface area is 191 Å². The van der Waals surface area contributed by atoms with Gasteiger partial charge in [0.15, 0.2) is 5.78 Å². The smallest absolute Gasteiger partial charge is 0.250 e. The van der Waals surface area contributed by atoms with Gasteiger partial charge in [-0.2, -0.15) is 0 Å². The molecule has 3 nitrogen and oxygen atoms in total. The molecule has 0 amide bonds. The molecule has 0 spiro atoms. The minimum atomic E-state index is -1.95. The number of benzene rings is 1. The van der Waals surface area contributed by atoms with Gasteiger partial charge in [0.05, 0.1) is 12.0 Å². The van der Waals surface area contributed by atoms with Gasteiger partial charge >= 0.3 is 0 Å². The number of fused-ring (bicyclic) bond motifs is 1. The molecule has 4 heteroatoms. The van der Waals surface area contributed by atoms with E-state index in [1.54, 1.807) is 0 Å². The maximum absolute atomic E-state index is 13.0. The van der Waals surface area contributed by atoms with E-state index in [9.17, 15) is 4.79 Å². The molecule has 1 unspecified atom stereocenters. The molecule has 2 rings (SSSR count). The number of hydrogen-bond acceptors (Lipinski definition) is 3. The van der Waals surface area contributed by atoms with Gasteiger partial charge in [-0.25, -0.2) is 0 Å². The van der Waals surface area contributed by atoms with Gasteiger partial charge in [0.25, 0.3) is 0 Å². The van der Waals surface area contributed by atoms with Crippen LogP contribution in [0.25, 0.3) is 0 Å². The van der Waals surface area contributed by atoms with Gasteiger partial charge in [0.2, 0.25) is 8.32 Å². The fraction of sp³-hybridized carbons (Fsp3) is 0.593. The van der Waals surface area contributed by atoms with Crippen LogP contribution in [-0.2, 0) is 0 Å². The van der Waals surface area contributed by atoms with Crippen LogP contribution in [-0.4, -0.2) is 19.7 Å². The molecule has 0 saturated heterocycles. The first-order valence-electron chi connectivity index (χ1n) is 11.6. The van der Waals surface area contributed by atoms with Crippen LogP contribution in [0.1, 0.15) is 90.9 Å². The molecule has 1 aromatic carbocycles. The normalized spacial score (nSPS) is 19.5. The van der Waals surface area contributed by atoms with Crippen molar-refractivity contribution in [1.82, 2.24) is 0 Å². The maximum Gasteiger partial charge on any atom is 0.250 e. The zero-order valence-electron chi connectivity index (χ0n) is 21.1. The van der Waals surface area contributed by atoms with Crippen LogP contribution >= 0.6 is 0 Å².